The van der Waals surface area contributed by atoms with E-state index in [1.165, 1.54) is 11.1 Å². The predicted octanol–water partition coefficient (Wildman–Crippen LogP) is 17.2. The van der Waals surface area contributed by atoms with Gasteiger partial charge in [-0.15, -0.1) is 0 Å². The number of aryl methyl sites for hydroxylation is 1. The van der Waals surface area contributed by atoms with Crippen LogP contribution >= 0.6 is 0 Å². The van der Waals surface area contributed by atoms with Crippen LogP contribution in [0, 0.1) is 28.3 Å². The Balaban J connectivity index is 1.20. The van der Waals surface area contributed by atoms with Crippen LogP contribution in [-0.2, 0) is 41.0 Å². The number of nitrogens with zero attached hydrogens (tertiary/aromatic N) is 4. The van der Waals surface area contributed by atoms with Crippen molar-refractivity contribution in [3.8, 4) is 50.9 Å². The quantitative estimate of drug-likeness (QED) is 0.149. The first-order valence-corrected chi connectivity index (χ1v) is 25.6. The Morgan fingerprint density at radius 1 is 0.611 bits per heavy atom. The Bertz CT molecular complexity index is 4330. The molecule has 0 saturated heterocycles. The van der Waals surface area contributed by atoms with Crippen molar-refractivity contribution in [1.29, 1.82) is 0 Å². The summed E-state index contributed by atoms with van der Waals surface area (Å²) in [5, 5.41) is 2.12. The molecule has 0 unspecified atom stereocenters. The molecule has 5 nitrogen and oxygen atoms in total. The summed E-state index contributed by atoms with van der Waals surface area (Å²) in [5.41, 5.74) is 8.60. The zero-order chi connectivity index (χ0) is 59.6. The molecule has 7 aromatic carbocycles. The van der Waals surface area contributed by atoms with Crippen molar-refractivity contribution in [3.05, 3.63) is 195 Å². The summed E-state index contributed by atoms with van der Waals surface area (Å²) in [6.45, 7) is 29.0. The van der Waals surface area contributed by atoms with Crippen molar-refractivity contribution >= 4 is 32.8 Å². The van der Waals surface area contributed by atoms with Gasteiger partial charge in [0.25, 0.3) is 0 Å². The summed E-state index contributed by atoms with van der Waals surface area (Å²) in [6, 6.07) is 30.1. The molecule has 0 fully saturated rings. The molecular weight excluding hydrogens is 1060 g/mol. The average Bonchev–Trinajstić information content (AvgIpc) is 4.17. The monoisotopic (exact) mass is 1130 g/mol. The molecule has 0 aliphatic heterocycles. The summed E-state index contributed by atoms with van der Waals surface area (Å²) >= 11 is 2.22. The Labute approximate surface area is 450 Å². The standard InChI is InChI=1S/C66H64N4O.Pt/c1-42-33-34-67-58(35-42)70-56-40-48(28-29-52(56)53-30-31-54-59(61(53)70)65(10,11)66(12,13)64(54,8)9)71-49-37-46(63(5,6)7)36-47(39-49)68-41-69(55-32-27-45(38-57(55)68)62(2,3)4)60-50(43-21-16-14-17-22-43)25-20-26-51(60)44-23-18-15-19-24-44;/h14-38H,1-13H3;/q-2;/i14D,15D,16D,17D,18D,19D,21D,22D,23D,24D;. The van der Waals surface area contributed by atoms with E-state index in [2.05, 4.69) is 162 Å². The first-order chi connectivity index (χ1) is 38.2. The van der Waals surface area contributed by atoms with Gasteiger partial charge >= 0.3 is 358 Å². The minimum absolute atomic E-state index is 0.0988. The Morgan fingerprint density at radius 2 is 1.25 bits per heavy atom. The van der Waals surface area contributed by atoms with Crippen LogP contribution in [0.15, 0.2) is 152 Å². The van der Waals surface area contributed by atoms with Crippen LogP contribution in [0.25, 0.3) is 72.3 Å². The Morgan fingerprint density at radius 3 is 1.88 bits per heavy atom. The molecular formula is C66H64N4OPt-2. The fourth-order valence-corrected chi connectivity index (χ4v) is 11.9. The van der Waals surface area contributed by atoms with Gasteiger partial charge in [-0.25, -0.2) is 0 Å². The van der Waals surface area contributed by atoms with Crippen LogP contribution in [0.4, 0.5) is 0 Å². The van der Waals surface area contributed by atoms with E-state index in [9.17, 15) is 5.48 Å². The molecule has 72 heavy (non-hydrogen) atoms. The zero-order valence-corrected chi connectivity index (χ0v) is 45.4. The van der Waals surface area contributed by atoms with Gasteiger partial charge in [-0.05, 0) is 40.4 Å². The molecule has 6 heteroatoms. The van der Waals surface area contributed by atoms with Crippen molar-refractivity contribution in [2.75, 3.05) is 0 Å². The molecule has 366 valence electrons. The predicted molar refractivity (Wildman–Crippen MR) is 295 cm³/mol. The molecule has 3 aromatic heterocycles. The van der Waals surface area contributed by atoms with Gasteiger partial charge in [0.15, 0.2) is 0 Å². The number of hydrogen-bond donors (Lipinski definition) is 0. The molecule has 0 radical (unpaired) electrons. The maximum atomic E-state index is 9.28. The van der Waals surface area contributed by atoms with Crippen LogP contribution < -0.4 is 4.74 Å². The second-order valence-electron chi connectivity index (χ2n) is 22.9. The van der Waals surface area contributed by atoms with Crippen molar-refractivity contribution in [2.45, 2.75) is 112 Å². The molecule has 1 aliphatic carbocycles. The van der Waals surface area contributed by atoms with Gasteiger partial charge in [0, 0.05) is 6.20 Å². The number of benzene rings is 7. The third kappa shape index (κ3) is 7.43. The van der Waals surface area contributed by atoms with Gasteiger partial charge in [-0.2, -0.15) is 0 Å². The molecule has 10 aromatic rings. The van der Waals surface area contributed by atoms with Gasteiger partial charge in [-0.1, -0.05) is 47.6 Å². The van der Waals surface area contributed by atoms with Gasteiger partial charge in [-0.3, -0.25) is 0 Å². The van der Waals surface area contributed by atoms with Crippen molar-refractivity contribution in [2.24, 2.45) is 5.41 Å². The van der Waals surface area contributed by atoms with Crippen molar-refractivity contribution in [1.82, 2.24) is 18.7 Å². The van der Waals surface area contributed by atoms with Crippen LogP contribution in [0.5, 0.6) is 11.5 Å². The number of imidazole rings is 1. The molecule has 0 saturated carbocycles. The van der Waals surface area contributed by atoms with Crippen LogP contribution in [0.3, 0.4) is 0 Å². The van der Waals surface area contributed by atoms with Crippen LogP contribution in [0.2, 0.25) is 0 Å². The number of ether oxygens (including phenoxy) is 1. The van der Waals surface area contributed by atoms with Gasteiger partial charge in [0.1, 0.15) is 0 Å². The fraction of sp³-hybridized carbons (Fsp3) is 0.273. The molecule has 0 N–H and O–H groups in total. The van der Waals surface area contributed by atoms with E-state index in [1.807, 2.05) is 45.7 Å². The Hall–Kier alpha value is -6.55. The average molecular weight is 1130 g/mol. The minimum atomic E-state index is -0.563. The molecule has 0 atom stereocenters. The van der Waals surface area contributed by atoms with Crippen LogP contribution in [-0.4, -0.2) is 18.7 Å². The number of rotatable bonds is 7. The molecule has 3 heterocycles. The van der Waals surface area contributed by atoms with Crippen LogP contribution in [0.1, 0.15) is 125 Å². The number of pyridine rings is 1. The Kier molecular flexibility index (Phi) is 8.66. The normalized spacial score (nSPS) is 17.1. The molecule has 0 spiro atoms. The van der Waals surface area contributed by atoms with Crippen molar-refractivity contribution in [3.63, 3.8) is 0 Å². The zero-order valence-electron chi connectivity index (χ0n) is 53.2. The van der Waals surface area contributed by atoms with Gasteiger partial charge < -0.3 is 0 Å². The summed E-state index contributed by atoms with van der Waals surface area (Å²) in [7, 11) is 0. The SMILES string of the molecule is [2H]c1c([2H])c([2H])c(-c2cccc(-c3c([2H])c([2H])c([2H])c([2H])c3[2H])c2-n2[c](=[Pt])n(-c3[c-]c(Oc4[c-]c5c(cc4)c4ccc6c(c4n5-c4cc(C)ccn4)C(C)(C)C(C)(C)C6(C)C)cc(C(C)(C)C)c3)c3cc(C(C)(C)C)ccc32)c([2H])c1[2H]. The number of fused-ring (bicyclic) bond motifs is 6. The second-order valence-corrected chi connectivity index (χ2v) is 23.9. The summed E-state index contributed by atoms with van der Waals surface area (Å²) < 4.78 is 103. The first-order valence-electron chi connectivity index (χ1n) is 29.5. The van der Waals surface area contributed by atoms with Crippen molar-refractivity contribution < 1.29 is 37.8 Å². The fourth-order valence-electron chi connectivity index (χ4n) is 10.8. The second kappa shape index (κ2) is 16.8. The summed E-state index contributed by atoms with van der Waals surface area (Å²) in [4.78, 5) is 4.99. The molecule has 0 bridgehead atoms. The topological polar surface area (TPSA) is 36.9 Å². The summed E-state index contributed by atoms with van der Waals surface area (Å²) in [6.07, 6.45) is 1.85. The first kappa shape index (κ1) is 37.2. The van der Waals surface area contributed by atoms with E-state index in [0.717, 1.165) is 44.3 Å². The molecule has 11 rings (SSSR count). The van der Waals surface area contributed by atoms with Gasteiger partial charge in [0.2, 0.25) is 0 Å². The van der Waals surface area contributed by atoms with E-state index in [-0.39, 0.29) is 49.6 Å². The van der Waals surface area contributed by atoms with E-state index >= 15 is 0 Å². The van der Waals surface area contributed by atoms with E-state index in [4.69, 9.17) is 17.9 Å². The van der Waals surface area contributed by atoms with Gasteiger partial charge in [0.05, 0.1) is 0 Å². The third-order valence-electron chi connectivity index (χ3n) is 16.0. The maximum absolute atomic E-state index is 9.28. The molecule has 1 aliphatic rings. The van der Waals surface area contributed by atoms with E-state index in [1.54, 1.807) is 18.2 Å². The third-order valence-corrected chi connectivity index (χ3v) is 17.0. The number of hydrogen-bond acceptors (Lipinski definition) is 2. The molecule has 0 amide bonds. The number of para-hydroxylation sites is 1. The van der Waals surface area contributed by atoms with E-state index < -0.39 is 65.8 Å². The number of aromatic nitrogens is 4. The van der Waals surface area contributed by atoms with E-state index in [0.29, 0.717) is 32.0 Å². The summed E-state index contributed by atoms with van der Waals surface area (Å²) in [5.74, 6) is 1.65.